The van der Waals surface area contributed by atoms with E-state index in [1.165, 1.54) is 6.07 Å². The number of benzene rings is 2. The van der Waals surface area contributed by atoms with E-state index in [2.05, 4.69) is 0 Å². The second kappa shape index (κ2) is 10.0. The molecule has 1 N–H and O–H groups in total. The van der Waals surface area contributed by atoms with Gasteiger partial charge in [0.1, 0.15) is 11.5 Å². The molecule has 2 aromatic carbocycles. The van der Waals surface area contributed by atoms with Gasteiger partial charge in [0.15, 0.2) is 0 Å². The van der Waals surface area contributed by atoms with Gasteiger partial charge in [-0.25, -0.2) is 0 Å². The largest absolute Gasteiger partial charge is 0.493 e. The molecule has 0 spiro atoms. The predicted octanol–water partition coefficient (Wildman–Crippen LogP) is 5.13. The number of hydrogen-bond donors (Lipinski definition) is 1. The van der Waals surface area contributed by atoms with Crippen molar-refractivity contribution in [3.05, 3.63) is 59.2 Å². The molecule has 0 aliphatic heterocycles. The Morgan fingerprint density at radius 3 is 2.29 bits per heavy atom. The third-order valence-corrected chi connectivity index (χ3v) is 3.98. The third kappa shape index (κ3) is 7.13. The van der Waals surface area contributed by atoms with Gasteiger partial charge in [0.2, 0.25) is 0 Å². The van der Waals surface area contributed by atoms with Gasteiger partial charge in [-0.3, -0.25) is 4.79 Å². The van der Waals surface area contributed by atoms with E-state index < -0.39 is 17.7 Å². The Morgan fingerprint density at radius 1 is 1.00 bits per heavy atom. The van der Waals surface area contributed by atoms with Crippen LogP contribution < -0.4 is 9.47 Å². The van der Waals surface area contributed by atoms with Gasteiger partial charge in [-0.15, -0.1) is 0 Å². The molecule has 0 atom stereocenters. The van der Waals surface area contributed by atoms with E-state index in [9.17, 15) is 18.0 Å². The quantitative estimate of drug-likeness (QED) is 0.566. The lowest BCUT2D eigenvalue weighted by atomic mass is 10.1. The molecule has 0 amide bonds. The Kier molecular flexibility index (Phi) is 7.72. The molecule has 0 bridgehead atoms. The van der Waals surface area contributed by atoms with E-state index in [-0.39, 0.29) is 13.0 Å². The monoisotopic (exact) mass is 396 g/mol. The zero-order valence-corrected chi connectivity index (χ0v) is 15.6. The summed E-state index contributed by atoms with van der Waals surface area (Å²) >= 11 is 0. The van der Waals surface area contributed by atoms with Gasteiger partial charge in [0.05, 0.1) is 25.2 Å². The summed E-state index contributed by atoms with van der Waals surface area (Å²) < 4.78 is 49.6. The van der Waals surface area contributed by atoms with Gasteiger partial charge in [-0.05, 0) is 35.7 Å². The fourth-order valence-corrected chi connectivity index (χ4v) is 2.60. The number of carboxylic acids is 1. The van der Waals surface area contributed by atoms with Crippen molar-refractivity contribution in [2.24, 2.45) is 0 Å². The minimum atomic E-state index is -4.38. The van der Waals surface area contributed by atoms with E-state index in [1.807, 2.05) is 6.92 Å². The predicted molar refractivity (Wildman–Crippen MR) is 98.8 cm³/mol. The third-order valence-electron chi connectivity index (χ3n) is 3.98. The average Bonchev–Trinajstić information content (AvgIpc) is 2.61. The minimum absolute atomic E-state index is 0.159. The summed E-state index contributed by atoms with van der Waals surface area (Å²) in [5.41, 5.74) is 0.353. The van der Waals surface area contributed by atoms with Gasteiger partial charge in [0, 0.05) is 12.5 Å². The molecule has 0 heterocycles. The first-order valence-corrected chi connectivity index (χ1v) is 9.05. The van der Waals surface area contributed by atoms with Crippen molar-refractivity contribution >= 4 is 5.97 Å². The highest BCUT2D eigenvalue weighted by molar-refractivity contribution is 5.70. The van der Waals surface area contributed by atoms with Crippen molar-refractivity contribution in [1.29, 1.82) is 0 Å². The molecule has 28 heavy (non-hydrogen) atoms. The Balaban J connectivity index is 2.03. The molecule has 0 saturated heterocycles. The lowest BCUT2D eigenvalue weighted by molar-refractivity contribution is -0.138. The Hall–Kier alpha value is -2.70. The first-order valence-electron chi connectivity index (χ1n) is 9.05. The van der Waals surface area contributed by atoms with E-state index in [4.69, 9.17) is 14.6 Å². The van der Waals surface area contributed by atoms with Crippen LogP contribution >= 0.6 is 0 Å². The molecule has 0 aliphatic rings. The number of carboxylic acid groups (broad SMARTS) is 1. The number of aliphatic carboxylic acids is 1. The summed E-state index contributed by atoms with van der Waals surface area (Å²) in [5, 5.41) is 9.01. The minimum Gasteiger partial charge on any atom is -0.493 e. The summed E-state index contributed by atoms with van der Waals surface area (Å²) in [6.45, 7) is 2.70. The molecular weight excluding hydrogens is 373 g/mol. The molecule has 0 fully saturated rings. The van der Waals surface area contributed by atoms with Gasteiger partial charge in [0.25, 0.3) is 0 Å². The topological polar surface area (TPSA) is 55.8 Å². The summed E-state index contributed by atoms with van der Waals surface area (Å²) in [6, 6.07) is 10.0. The van der Waals surface area contributed by atoms with Crippen molar-refractivity contribution in [2.45, 2.75) is 38.8 Å². The van der Waals surface area contributed by atoms with E-state index in [1.54, 1.807) is 24.3 Å². The van der Waals surface area contributed by atoms with Crippen molar-refractivity contribution in [3.8, 4) is 11.5 Å². The van der Waals surface area contributed by atoms with Gasteiger partial charge < -0.3 is 14.6 Å². The van der Waals surface area contributed by atoms with Crippen molar-refractivity contribution < 1.29 is 32.5 Å². The van der Waals surface area contributed by atoms with Crippen LogP contribution in [0.3, 0.4) is 0 Å². The molecule has 0 aliphatic carbocycles. The summed E-state index contributed by atoms with van der Waals surface area (Å²) in [6.07, 6.45) is -2.43. The maximum atomic E-state index is 12.8. The van der Waals surface area contributed by atoms with Crippen LogP contribution in [0.25, 0.3) is 0 Å². The van der Waals surface area contributed by atoms with Crippen LogP contribution in [0, 0.1) is 0 Å². The fourth-order valence-electron chi connectivity index (χ4n) is 2.60. The molecule has 0 saturated carbocycles. The fraction of sp³-hybridized carbons (Fsp3) is 0.381. The van der Waals surface area contributed by atoms with Crippen molar-refractivity contribution in [2.75, 3.05) is 13.2 Å². The SMILES string of the molecule is CCCCOc1cc(CC(=O)O)cc(OCCc2cccc(C(F)(F)F)c2)c1. The number of rotatable bonds is 10. The van der Waals surface area contributed by atoms with E-state index in [0.717, 1.165) is 25.0 Å². The molecule has 0 radical (unpaired) electrons. The van der Waals surface area contributed by atoms with Gasteiger partial charge >= 0.3 is 12.1 Å². The normalized spacial score (nSPS) is 11.3. The highest BCUT2D eigenvalue weighted by Crippen LogP contribution is 2.30. The Labute approximate surface area is 161 Å². The lowest BCUT2D eigenvalue weighted by Crippen LogP contribution is -2.07. The number of alkyl halides is 3. The number of ether oxygens (including phenoxy) is 2. The molecule has 152 valence electrons. The zero-order chi connectivity index (χ0) is 20.6. The Morgan fingerprint density at radius 2 is 1.68 bits per heavy atom. The van der Waals surface area contributed by atoms with E-state index >= 15 is 0 Å². The zero-order valence-electron chi connectivity index (χ0n) is 15.6. The number of carbonyl (C=O) groups is 1. The van der Waals surface area contributed by atoms with Gasteiger partial charge in [-0.1, -0.05) is 31.5 Å². The van der Waals surface area contributed by atoms with Crippen LogP contribution in [0.15, 0.2) is 42.5 Å². The number of hydrogen-bond acceptors (Lipinski definition) is 3. The van der Waals surface area contributed by atoms with Crippen LogP contribution in [0.1, 0.15) is 36.5 Å². The van der Waals surface area contributed by atoms with Crippen LogP contribution in [0.2, 0.25) is 0 Å². The van der Waals surface area contributed by atoms with E-state index in [0.29, 0.717) is 35.7 Å². The molecular formula is C21H23F3O4. The first kappa shape index (κ1) is 21.6. The maximum absolute atomic E-state index is 12.8. The number of halogens is 3. The lowest BCUT2D eigenvalue weighted by Gasteiger charge is -2.12. The first-order chi connectivity index (χ1) is 13.3. The average molecular weight is 396 g/mol. The van der Waals surface area contributed by atoms with Crippen molar-refractivity contribution in [3.63, 3.8) is 0 Å². The molecule has 0 aromatic heterocycles. The summed E-state index contributed by atoms with van der Waals surface area (Å²) in [7, 11) is 0. The molecule has 2 rings (SSSR count). The van der Waals surface area contributed by atoms with Crippen LogP contribution in [-0.2, 0) is 23.8 Å². The molecule has 2 aromatic rings. The van der Waals surface area contributed by atoms with Crippen LogP contribution in [-0.4, -0.2) is 24.3 Å². The standard InChI is InChI=1S/C21H23F3O4/c1-2-3-8-27-18-11-16(13-20(25)26)12-19(14-18)28-9-7-15-5-4-6-17(10-15)21(22,23)24/h4-6,10-12,14H,2-3,7-9,13H2,1H3,(H,25,26). The van der Waals surface area contributed by atoms with Crippen LogP contribution in [0.5, 0.6) is 11.5 Å². The summed E-state index contributed by atoms with van der Waals surface area (Å²) in [5.74, 6) is -0.0286. The molecule has 7 heteroatoms. The van der Waals surface area contributed by atoms with Gasteiger partial charge in [-0.2, -0.15) is 13.2 Å². The Bertz CT molecular complexity index is 787. The second-order valence-corrected chi connectivity index (χ2v) is 6.38. The van der Waals surface area contributed by atoms with Crippen molar-refractivity contribution in [1.82, 2.24) is 0 Å². The summed E-state index contributed by atoms with van der Waals surface area (Å²) in [4.78, 5) is 11.0. The highest BCUT2D eigenvalue weighted by Gasteiger charge is 2.30. The smallest absolute Gasteiger partial charge is 0.416 e. The van der Waals surface area contributed by atoms with Crippen LogP contribution in [0.4, 0.5) is 13.2 Å². The number of unbranched alkanes of at least 4 members (excludes halogenated alkanes) is 1. The molecule has 0 unspecified atom stereocenters. The highest BCUT2D eigenvalue weighted by atomic mass is 19.4. The second-order valence-electron chi connectivity index (χ2n) is 6.38. The maximum Gasteiger partial charge on any atom is 0.416 e. The molecule has 4 nitrogen and oxygen atoms in total.